The molecule has 0 bridgehead atoms. The van der Waals surface area contributed by atoms with Gasteiger partial charge in [0.15, 0.2) is 0 Å². The van der Waals surface area contributed by atoms with Crippen LogP contribution < -0.4 is 4.90 Å². The quantitative estimate of drug-likeness (QED) is 0.657. The van der Waals surface area contributed by atoms with Gasteiger partial charge in [-0.2, -0.15) is 0 Å². The van der Waals surface area contributed by atoms with Crippen LogP contribution in [0.4, 0.5) is 5.69 Å². The number of fused-ring (bicyclic) bond motifs is 1. The van der Waals surface area contributed by atoms with Gasteiger partial charge < -0.3 is 9.64 Å². The van der Waals surface area contributed by atoms with E-state index in [1.807, 2.05) is 25.8 Å². The number of esters is 1. The smallest absolute Gasteiger partial charge is 0.341 e. The van der Waals surface area contributed by atoms with Crippen molar-refractivity contribution in [2.45, 2.75) is 27.3 Å². The van der Waals surface area contributed by atoms with E-state index in [-0.39, 0.29) is 5.97 Å². The molecule has 0 saturated heterocycles. The molecule has 0 radical (unpaired) electrons. The van der Waals surface area contributed by atoms with Crippen molar-refractivity contribution < 1.29 is 9.53 Å². The first-order chi connectivity index (χ1) is 12.5. The van der Waals surface area contributed by atoms with Crippen LogP contribution in [0.2, 0.25) is 0 Å². The lowest BCUT2D eigenvalue weighted by atomic mass is 10.0. The summed E-state index contributed by atoms with van der Waals surface area (Å²) in [4.78, 5) is 27.5. The Balaban J connectivity index is 2.17. The molecule has 6 heteroatoms. The molecule has 0 aliphatic rings. The minimum atomic E-state index is -0.373. The monoisotopic (exact) mass is 350 g/mol. The van der Waals surface area contributed by atoms with E-state index >= 15 is 0 Å². The maximum absolute atomic E-state index is 12.5. The highest BCUT2D eigenvalue weighted by atomic mass is 16.5. The minimum Gasteiger partial charge on any atom is -0.462 e. The Morgan fingerprint density at radius 3 is 2.65 bits per heavy atom. The minimum absolute atomic E-state index is 0.316. The molecule has 26 heavy (non-hydrogen) atoms. The maximum atomic E-state index is 12.5. The van der Waals surface area contributed by atoms with E-state index in [1.54, 1.807) is 31.7 Å². The predicted octanol–water partition coefficient (Wildman–Crippen LogP) is 3.45. The normalized spacial score (nSPS) is 10.8. The lowest BCUT2D eigenvalue weighted by molar-refractivity contribution is 0.0527. The molecule has 2 heterocycles. The summed E-state index contributed by atoms with van der Waals surface area (Å²) in [6.45, 7) is 6.70. The second-order valence-electron chi connectivity index (χ2n) is 6.27. The molecule has 3 rings (SSSR count). The highest BCUT2D eigenvalue weighted by Crippen LogP contribution is 2.32. The first-order valence-corrected chi connectivity index (χ1v) is 8.54. The Hall–Kier alpha value is -3.02. The van der Waals surface area contributed by atoms with Crippen molar-refractivity contribution in [2.75, 3.05) is 18.6 Å². The summed E-state index contributed by atoms with van der Waals surface area (Å²) in [6, 6.07) is 4.15. The van der Waals surface area contributed by atoms with Crippen LogP contribution in [0.25, 0.3) is 10.9 Å². The van der Waals surface area contributed by atoms with Crippen LogP contribution in [-0.2, 0) is 11.3 Å². The number of anilines is 1. The molecule has 0 atom stereocenters. The number of benzene rings is 1. The molecular formula is C20H22N4O2. The van der Waals surface area contributed by atoms with Gasteiger partial charge in [0.25, 0.3) is 0 Å². The fourth-order valence-corrected chi connectivity index (χ4v) is 3.15. The van der Waals surface area contributed by atoms with E-state index in [0.717, 1.165) is 33.4 Å². The second kappa shape index (κ2) is 7.47. The molecule has 0 spiro atoms. The number of carbonyl (C=O) groups excluding carboxylic acids is 1. The molecule has 2 aromatic heterocycles. The zero-order chi connectivity index (χ0) is 18.7. The van der Waals surface area contributed by atoms with Crippen LogP contribution in [0.1, 0.15) is 34.1 Å². The summed E-state index contributed by atoms with van der Waals surface area (Å²) in [5, 5.41) is 0.930. The molecule has 0 aliphatic heterocycles. The Morgan fingerprint density at radius 1 is 1.15 bits per heavy atom. The number of aromatic nitrogens is 3. The van der Waals surface area contributed by atoms with E-state index in [1.165, 1.54) is 0 Å². The van der Waals surface area contributed by atoms with E-state index in [0.29, 0.717) is 18.7 Å². The fourth-order valence-electron chi connectivity index (χ4n) is 3.15. The van der Waals surface area contributed by atoms with E-state index < -0.39 is 0 Å². The van der Waals surface area contributed by atoms with Gasteiger partial charge in [0.1, 0.15) is 5.56 Å². The van der Waals surface area contributed by atoms with E-state index in [2.05, 4.69) is 27.1 Å². The third kappa shape index (κ3) is 3.49. The van der Waals surface area contributed by atoms with E-state index in [4.69, 9.17) is 4.74 Å². The summed E-state index contributed by atoms with van der Waals surface area (Å²) in [5.41, 5.74) is 5.14. The van der Waals surface area contributed by atoms with Gasteiger partial charge in [-0.25, -0.2) is 4.79 Å². The Morgan fingerprint density at radius 2 is 1.96 bits per heavy atom. The molecular weight excluding hydrogens is 328 g/mol. The van der Waals surface area contributed by atoms with Crippen molar-refractivity contribution in [1.29, 1.82) is 0 Å². The van der Waals surface area contributed by atoms with Crippen molar-refractivity contribution in [2.24, 2.45) is 0 Å². The largest absolute Gasteiger partial charge is 0.462 e. The van der Waals surface area contributed by atoms with Crippen molar-refractivity contribution >= 4 is 22.6 Å². The van der Waals surface area contributed by atoms with Gasteiger partial charge in [0, 0.05) is 31.0 Å². The molecule has 0 fully saturated rings. The topological polar surface area (TPSA) is 68.2 Å². The molecule has 3 aromatic rings. The van der Waals surface area contributed by atoms with Gasteiger partial charge >= 0.3 is 5.97 Å². The summed E-state index contributed by atoms with van der Waals surface area (Å²) in [5.74, 6) is -0.373. The highest BCUT2D eigenvalue weighted by molar-refractivity contribution is 6.06. The van der Waals surface area contributed by atoms with Crippen LogP contribution in [0.3, 0.4) is 0 Å². The lowest BCUT2D eigenvalue weighted by Crippen LogP contribution is -2.22. The average molecular weight is 350 g/mol. The van der Waals surface area contributed by atoms with Gasteiger partial charge in [0.2, 0.25) is 0 Å². The average Bonchev–Trinajstić information content (AvgIpc) is 2.61. The zero-order valence-electron chi connectivity index (χ0n) is 15.5. The third-order valence-corrected chi connectivity index (χ3v) is 4.17. The van der Waals surface area contributed by atoms with Crippen LogP contribution in [0.5, 0.6) is 0 Å². The van der Waals surface area contributed by atoms with Crippen LogP contribution >= 0.6 is 0 Å². The number of carbonyl (C=O) groups is 1. The van der Waals surface area contributed by atoms with Crippen molar-refractivity contribution in [3.05, 3.63) is 59.3 Å². The molecule has 0 amide bonds. The van der Waals surface area contributed by atoms with Gasteiger partial charge in [0.05, 0.1) is 36.2 Å². The molecule has 0 saturated carbocycles. The molecule has 0 unspecified atom stereocenters. The molecule has 6 nitrogen and oxygen atoms in total. The summed E-state index contributed by atoms with van der Waals surface area (Å²) >= 11 is 0. The summed E-state index contributed by atoms with van der Waals surface area (Å²) in [6.07, 6.45) is 6.63. The van der Waals surface area contributed by atoms with Gasteiger partial charge in [-0.05, 0) is 32.4 Å². The van der Waals surface area contributed by atoms with Gasteiger partial charge in [-0.3, -0.25) is 15.0 Å². The third-order valence-electron chi connectivity index (χ3n) is 4.17. The van der Waals surface area contributed by atoms with Gasteiger partial charge in [-0.1, -0.05) is 11.6 Å². The zero-order valence-corrected chi connectivity index (χ0v) is 15.5. The lowest BCUT2D eigenvalue weighted by Gasteiger charge is -2.23. The number of rotatable bonds is 5. The SMILES string of the molecule is CCOC(=O)c1cnc2c(C)cc(C)cc2c1N(C)Cc1cnccn1. The number of nitrogens with zero attached hydrogens (tertiary/aromatic N) is 4. The standard InChI is InChI=1S/C20H22N4O2/c1-5-26-20(25)17-11-23-18-14(3)8-13(2)9-16(18)19(17)24(4)12-15-10-21-6-7-22-15/h6-11H,5,12H2,1-4H3. The maximum Gasteiger partial charge on any atom is 0.341 e. The number of pyridine rings is 1. The first-order valence-electron chi connectivity index (χ1n) is 8.54. The Kier molecular flexibility index (Phi) is 5.11. The van der Waals surface area contributed by atoms with Crippen molar-refractivity contribution in [3.63, 3.8) is 0 Å². The van der Waals surface area contributed by atoms with E-state index in [9.17, 15) is 4.79 Å². The van der Waals surface area contributed by atoms with Gasteiger partial charge in [-0.15, -0.1) is 0 Å². The van der Waals surface area contributed by atoms with Crippen molar-refractivity contribution in [1.82, 2.24) is 15.0 Å². The number of hydrogen-bond donors (Lipinski definition) is 0. The van der Waals surface area contributed by atoms with Crippen LogP contribution in [0.15, 0.2) is 36.9 Å². The molecule has 0 N–H and O–H groups in total. The van der Waals surface area contributed by atoms with Crippen LogP contribution in [-0.4, -0.2) is 34.6 Å². The first kappa shape index (κ1) is 17.8. The summed E-state index contributed by atoms with van der Waals surface area (Å²) < 4.78 is 5.24. The number of ether oxygens (including phenoxy) is 1. The fraction of sp³-hybridized carbons (Fsp3) is 0.300. The molecule has 134 valence electrons. The Bertz CT molecular complexity index is 941. The Labute approximate surface area is 152 Å². The second-order valence-corrected chi connectivity index (χ2v) is 6.27. The predicted molar refractivity (Wildman–Crippen MR) is 101 cm³/mol. The molecule has 1 aromatic carbocycles. The summed E-state index contributed by atoms with van der Waals surface area (Å²) in [7, 11) is 1.93. The highest BCUT2D eigenvalue weighted by Gasteiger charge is 2.21. The van der Waals surface area contributed by atoms with Crippen LogP contribution in [0, 0.1) is 13.8 Å². The number of hydrogen-bond acceptors (Lipinski definition) is 6. The molecule has 0 aliphatic carbocycles. The van der Waals surface area contributed by atoms with Crippen molar-refractivity contribution in [3.8, 4) is 0 Å². The number of aryl methyl sites for hydroxylation is 2.